The van der Waals surface area contributed by atoms with Gasteiger partial charge >= 0.3 is 5.97 Å². The zero-order chi connectivity index (χ0) is 11.5. The summed E-state index contributed by atoms with van der Waals surface area (Å²) in [6.07, 6.45) is 2.54. The van der Waals surface area contributed by atoms with E-state index in [0.29, 0.717) is 26.2 Å². The summed E-state index contributed by atoms with van der Waals surface area (Å²) in [6, 6.07) is -0.484. The van der Waals surface area contributed by atoms with Gasteiger partial charge in [0.25, 0.3) is 0 Å². The van der Waals surface area contributed by atoms with E-state index in [1.54, 1.807) is 0 Å². The number of carbonyl (C=O) groups is 1. The normalized spacial score (nSPS) is 12.7. The quantitative estimate of drug-likeness (QED) is 0.458. The summed E-state index contributed by atoms with van der Waals surface area (Å²) in [5.74, 6) is -0.814. The predicted molar refractivity (Wildman–Crippen MR) is 56.9 cm³/mol. The number of hydrogen-bond acceptors (Lipinski definition) is 4. The van der Waals surface area contributed by atoms with E-state index < -0.39 is 12.0 Å². The van der Waals surface area contributed by atoms with E-state index in [1.807, 2.05) is 6.92 Å². The zero-order valence-electron chi connectivity index (χ0n) is 9.24. The molecule has 5 nitrogen and oxygen atoms in total. The van der Waals surface area contributed by atoms with Crippen molar-refractivity contribution in [3.05, 3.63) is 0 Å². The monoisotopic (exact) mass is 219 g/mol. The van der Waals surface area contributed by atoms with Crippen LogP contribution in [-0.4, -0.2) is 48.6 Å². The number of aliphatic carboxylic acids is 1. The average molecular weight is 219 g/mol. The zero-order valence-corrected chi connectivity index (χ0v) is 9.24. The molecule has 0 aromatic carbocycles. The highest BCUT2D eigenvalue weighted by atomic mass is 16.5. The van der Waals surface area contributed by atoms with Crippen molar-refractivity contribution in [3.63, 3.8) is 0 Å². The molecule has 5 heteroatoms. The van der Waals surface area contributed by atoms with Gasteiger partial charge in [-0.3, -0.25) is 4.79 Å². The van der Waals surface area contributed by atoms with Crippen LogP contribution >= 0.6 is 0 Å². The molecule has 90 valence electrons. The molecule has 0 spiro atoms. The van der Waals surface area contributed by atoms with E-state index in [9.17, 15) is 4.79 Å². The molecule has 15 heavy (non-hydrogen) atoms. The second-order valence-corrected chi connectivity index (χ2v) is 3.32. The van der Waals surface area contributed by atoms with Crippen LogP contribution in [0.4, 0.5) is 0 Å². The molecule has 0 saturated carbocycles. The van der Waals surface area contributed by atoms with Crippen LogP contribution in [0.3, 0.4) is 0 Å². The van der Waals surface area contributed by atoms with Crippen molar-refractivity contribution in [2.45, 2.75) is 32.2 Å². The summed E-state index contributed by atoms with van der Waals surface area (Å²) in [4.78, 5) is 10.8. The largest absolute Gasteiger partial charge is 0.480 e. The first kappa shape index (κ1) is 14.3. The maximum atomic E-state index is 10.8. The van der Waals surface area contributed by atoms with Crippen LogP contribution in [-0.2, 0) is 9.53 Å². The summed E-state index contributed by atoms with van der Waals surface area (Å²) in [5.41, 5.74) is 0. The van der Waals surface area contributed by atoms with Gasteiger partial charge in [-0.05, 0) is 6.42 Å². The van der Waals surface area contributed by atoms with Gasteiger partial charge in [0, 0.05) is 6.54 Å². The van der Waals surface area contributed by atoms with Crippen LogP contribution < -0.4 is 5.32 Å². The van der Waals surface area contributed by atoms with Crippen molar-refractivity contribution in [2.75, 3.05) is 26.4 Å². The highest BCUT2D eigenvalue weighted by molar-refractivity contribution is 5.73. The highest BCUT2D eigenvalue weighted by Gasteiger charge is 2.14. The molecule has 0 amide bonds. The average Bonchev–Trinajstić information content (AvgIpc) is 2.21. The predicted octanol–water partition coefficient (Wildman–Crippen LogP) is 0.228. The van der Waals surface area contributed by atoms with E-state index in [4.69, 9.17) is 14.9 Å². The lowest BCUT2D eigenvalue weighted by molar-refractivity contribution is -0.139. The lowest BCUT2D eigenvalue weighted by Gasteiger charge is -2.13. The number of carboxylic acids is 1. The number of unbranched alkanes of at least 4 members (excludes halogenated alkanes) is 1. The number of aliphatic hydroxyl groups is 1. The van der Waals surface area contributed by atoms with Gasteiger partial charge < -0.3 is 20.3 Å². The first-order chi connectivity index (χ1) is 7.22. The number of nitrogens with one attached hydrogen (secondary N) is 1. The first-order valence-corrected chi connectivity index (χ1v) is 5.37. The Kier molecular flexibility index (Phi) is 9.46. The van der Waals surface area contributed by atoms with Gasteiger partial charge in [-0.15, -0.1) is 0 Å². The van der Waals surface area contributed by atoms with Gasteiger partial charge in [0.15, 0.2) is 0 Å². The standard InChI is InChI=1S/C10H21NO4/c1-2-3-4-9(10(13)14)11-5-7-15-8-6-12/h9,11-12H,2-8H2,1H3,(H,13,14). The molecule has 3 N–H and O–H groups in total. The molecule has 0 radical (unpaired) electrons. The van der Waals surface area contributed by atoms with Crippen molar-refractivity contribution >= 4 is 5.97 Å². The van der Waals surface area contributed by atoms with Crippen LogP contribution in [0.25, 0.3) is 0 Å². The van der Waals surface area contributed by atoms with Gasteiger partial charge in [0.1, 0.15) is 6.04 Å². The van der Waals surface area contributed by atoms with Crippen molar-refractivity contribution in [1.82, 2.24) is 5.32 Å². The Bertz CT molecular complexity index is 164. The minimum absolute atomic E-state index is 0.00179. The number of carboxylic acid groups (broad SMARTS) is 1. The molecule has 1 unspecified atom stereocenters. The van der Waals surface area contributed by atoms with Crippen LogP contribution in [0.1, 0.15) is 26.2 Å². The molecule has 0 aliphatic rings. The second-order valence-electron chi connectivity index (χ2n) is 3.32. The summed E-state index contributed by atoms with van der Waals surface area (Å²) >= 11 is 0. The molecule has 0 aromatic heterocycles. The van der Waals surface area contributed by atoms with Gasteiger partial charge in [-0.25, -0.2) is 0 Å². The molecule has 0 aliphatic heterocycles. The molecule has 1 atom stereocenters. The fourth-order valence-corrected chi connectivity index (χ4v) is 1.19. The third-order valence-corrected chi connectivity index (χ3v) is 2.02. The Labute approximate surface area is 90.4 Å². The minimum atomic E-state index is -0.814. The Morgan fingerprint density at radius 3 is 2.73 bits per heavy atom. The fourth-order valence-electron chi connectivity index (χ4n) is 1.19. The molecular weight excluding hydrogens is 198 g/mol. The van der Waals surface area contributed by atoms with E-state index in [0.717, 1.165) is 12.8 Å². The molecular formula is C10H21NO4. The fraction of sp³-hybridized carbons (Fsp3) is 0.900. The minimum Gasteiger partial charge on any atom is -0.480 e. The lowest BCUT2D eigenvalue weighted by Crippen LogP contribution is -2.38. The summed E-state index contributed by atoms with van der Waals surface area (Å²) in [6.45, 7) is 3.26. The molecule has 0 heterocycles. The number of aliphatic hydroxyl groups excluding tert-OH is 1. The van der Waals surface area contributed by atoms with Gasteiger partial charge in [-0.1, -0.05) is 19.8 Å². The molecule has 0 saturated heterocycles. The van der Waals surface area contributed by atoms with Crippen LogP contribution in [0, 0.1) is 0 Å². The van der Waals surface area contributed by atoms with Crippen molar-refractivity contribution in [1.29, 1.82) is 0 Å². The molecule has 0 aromatic rings. The van der Waals surface area contributed by atoms with Gasteiger partial charge in [0.05, 0.1) is 19.8 Å². The smallest absolute Gasteiger partial charge is 0.320 e. The highest BCUT2D eigenvalue weighted by Crippen LogP contribution is 2.00. The van der Waals surface area contributed by atoms with E-state index >= 15 is 0 Å². The lowest BCUT2D eigenvalue weighted by atomic mass is 10.1. The number of hydrogen-bond donors (Lipinski definition) is 3. The Morgan fingerprint density at radius 2 is 2.20 bits per heavy atom. The van der Waals surface area contributed by atoms with Crippen molar-refractivity contribution < 1.29 is 19.7 Å². The Morgan fingerprint density at radius 1 is 1.47 bits per heavy atom. The van der Waals surface area contributed by atoms with Gasteiger partial charge in [-0.2, -0.15) is 0 Å². The summed E-state index contributed by atoms with van der Waals surface area (Å²) < 4.78 is 5.01. The third kappa shape index (κ3) is 8.35. The van der Waals surface area contributed by atoms with E-state index in [1.165, 1.54) is 0 Å². The first-order valence-electron chi connectivity index (χ1n) is 5.37. The summed E-state index contributed by atoms with van der Waals surface area (Å²) in [7, 11) is 0. The molecule has 0 fully saturated rings. The maximum Gasteiger partial charge on any atom is 0.320 e. The molecule has 0 rings (SSSR count). The Balaban J connectivity index is 3.53. The van der Waals surface area contributed by atoms with E-state index in [-0.39, 0.29) is 6.61 Å². The van der Waals surface area contributed by atoms with Crippen LogP contribution in [0.5, 0.6) is 0 Å². The van der Waals surface area contributed by atoms with Gasteiger partial charge in [0.2, 0.25) is 0 Å². The number of rotatable bonds is 10. The SMILES string of the molecule is CCCCC(NCCOCCO)C(=O)O. The molecule has 0 bridgehead atoms. The van der Waals surface area contributed by atoms with E-state index in [2.05, 4.69) is 5.32 Å². The van der Waals surface area contributed by atoms with Crippen LogP contribution in [0.15, 0.2) is 0 Å². The summed E-state index contributed by atoms with van der Waals surface area (Å²) in [5, 5.41) is 20.2. The molecule has 0 aliphatic carbocycles. The topological polar surface area (TPSA) is 78.8 Å². The third-order valence-electron chi connectivity index (χ3n) is 2.02. The second kappa shape index (κ2) is 9.89. The van der Waals surface area contributed by atoms with Crippen molar-refractivity contribution in [2.24, 2.45) is 0 Å². The maximum absolute atomic E-state index is 10.8. The van der Waals surface area contributed by atoms with Crippen molar-refractivity contribution in [3.8, 4) is 0 Å². The number of ether oxygens (including phenoxy) is 1. The van der Waals surface area contributed by atoms with Crippen LogP contribution in [0.2, 0.25) is 0 Å². The Hall–Kier alpha value is -0.650.